The zero-order chi connectivity index (χ0) is 48.5. The van der Waals surface area contributed by atoms with Crippen molar-refractivity contribution in [3.8, 4) is 0 Å². The van der Waals surface area contributed by atoms with E-state index in [0.29, 0.717) is 35.1 Å². The van der Waals surface area contributed by atoms with Crippen LogP contribution in [0.3, 0.4) is 0 Å². The number of anilines is 2. The Labute approximate surface area is 421 Å². The van der Waals surface area contributed by atoms with Crippen molar-refractivity contribution in [2.75, 3.05) is 24.9 Å². The number of nitrogens with one attached hydrogen (secondary N) is 2. The first-order valence-electron chi connectivity index (χ1n) is 21.1. The van der Waals surface area contributed by atoms with E-state index in [1.54, 1.807) is 12.3 Å². The molecule has 0 radical (unpaired) electrons. The van der Waals surface area contributed by atoms with Crippen LogP contribution in [0.5, 0.6) is 0 Å². The Morgan fingerprint density at radius 1 is 0.545 bits per heavy atom. The van der Waals surface area contributed by atoms with Crippen LogP contribution in [0.4, 0.5) is 10.0 Å². The van der Waals surface area contributed by atoms with Gasteiger partial charge >= 0.3 is 11.9 Å². The molecule has 0 aliphatic carbocycles. The number of carbonyl (C=O) groups excluding carboxylic acids is 3. The quantitative estimate of drug-likeness (QED) is 0.0626. The third kappa shape index (κ3) is 11.6. The molecule has 0 aliphatic rings. The lowest BCUT2D eigenvalue weighted by Gasteiger charge is -2.44. The zero-order valence-electron chi connectivity index (χ0n) is 38.7. The topological polar surface area (TPSA) is 112 Å². The third-order valence-electron chi connectivity index (χ3n) is 11.0. The molecular weight excluding hydrogens is 1050 g/mol. The number of methoxy groups -OCH3 is 2. The monoisotopic (exact) mass is 1110 g/mol. The number of benzene rings is 4. The number of hydrogen-bond donors (Lipinski definition) is 2. The minimum absolute atomic E-state index is 0.164. The van der Waals surface area contributed by atoms with Gasteiger partial charge in [-0.3, -0.25) is 4.79 Å². The Balaban J connectivity index is 0.000000247. The molecule has 9 nitrogen and oxygen atoms in total. The predicted molar refractivity (Wildman–Crippen MR) is 288 cm³/mol. The van der Waals surface area contributed by atoms with Crippen LogP contribution in [-0.2, 0) is 23.1 Å². The van der Waals surface area contributed by atoms with E-state index in [9.17, 15) is 14.4 Å². The van der Waals surface area contributed by atoms with E-state index in [4.69, 9.17) is 30.5 Å². The molecule has 2 heterocycles. The molecule has 66 heavy (non-hydrogen) atoms. The number of ether oxygens (including phenoxy) is 2. The van der Waals surface area contributed by atoms with Crippen LogP contribution in [0.25, 0.3) is 0 Å². The maximum Gasteiger partial charge on any atom is 0.342 e. The lowest BCUT2D eigenvalue weighted by molar-refractivity contribution is -0.122. The SMILES string of the molecule is COC(=O)c1c(Br)csc1NC(=O)[C@H](C)O[Si](c1ccccc1)(c1ccccc1)C(C)(C)C.COC(=O)c1c(Br)csc1NC(=S)[C@H](C)O[Si](c1ccccc1)(c1ccccc1)C(C)(C)C. The van der Waals surface area contributed by atoms with Gasteiger partial charge in [0.25, 0.3) is 22.5 Å². The highest BCUT2D eigenvalue weighted by Gasteiger charge is 2.53. The molecule has 0 aliphatic heterocycles. The predicted octanol–water partition coefficient (Wildman–Crippen LogP) is 11.2. The van der Waals surface area contributed by atoms with E-state index in [-0.39, 0.29) is 16.0 Å². The Bertz CT molecular complexity index is 2330. The molecule has 348 valence electrons. The van der Waals surface area contributed by atoms with Crippen molar-refractivity contribution in [1.29, 1.82) is 0 Å². The fraction of sp³-hybridized carbons (Fsp3) is 0.280. The van der Waals surface area contributed by atoms with Gasteiger partial charge in [-0.05, 0) is 76.5 Å². The number of halogens is 2. The van der Waals surface area contributed by atoms with Crippen molar-refractivity contribution < 1.29 is 32.7 Å². The number of thiocarbonyl (C=S) groups is 1. The van der Waals surface area contributed by atoms with Crippen LogP contribution >= 0.6 is 66.8 Å². The third-order valence-corrected chi connectivity index (χ3v) is 25.3. The zero-order valence-corrected chi connectivity index (χ0v) is 46.3. The van der Waals surface area contributed by atoms with Crippen LogP contribution in [0.2, 0.25) is 10.1 Å². The van der Waals surface area contributed by atoms with Crippen molar-refractivity contribution in [3.63, 3.8) is 0 Å². The molecule has 2 atom stereocenters. The summed E-state index contributed by atoms with van der Waals surface area (Å²) >= 11 is 15.2. The summed E-state index contributed by atoms with van der Waals surface area (Å²) in [6.45, 7) is 16.9. The lowest BCUT2D eigenvalue weighted by Crippen LogP contribution is -2.68. The largest absolute Gasteiger partial charge is 0.465 e. The van der Waals surface area contributed by atoms with E-state index in [0.717, 1.165) is 10.4 Å². The molecule has 0 saturated carbocycles. The number of rotatable bonds is 14. The van der Waals surface area contributed by atoms with Crippen LogP contribution in [0, 0.1) is 0 Å². The summed E-state index contributed by atoms with van der Waals surface area (Å²) in [6.07, 6.45) is -1.15. The van der Waals surface area contributed by atoms with Gasteiger partial charge in [-0.25, -0.2) is 9.59 Å². The molecule has 6 aromatic rings. The lowest BCUT2D eigenvalue weighted by atomic mass is 10.2. The molecule has 0 unspecified atom stereocenters. The second-order valence-corrected chi connectivity index (χ2v) is 29.8. The second kappa shape index (κ2) is 22.8. The average molecular weight is 1110 g/mol. The minimum Gasteiger partial charge on any atom is -0.465 e. The van der Waals surface area contributed by atoms with E-state index >= 15 is 0 Å². The summed E-state index contributed by atoms with van der Waals surface area (Å²) in [7, 11) is -2.97. The number of hydrogen-bond acceptors (Lipinski definition) is 10. The molecule has 0 bridgehead atoms. The van der Waals surface area contributed by atoms with Gasteiger partial charge in [0.2, 0.25) is 0 Å². The smallest absolute Gasteiger partial charge is 0.342 e. The Kier molecular flexibility index (Phi) is 18.3. The Morgan fingerprint density at radius 2 is 0.848 bits per heavy atom. The number of esters is 2. The highest BCUT2D eigenvalue weighted by Crippen LogP contribution is 2.40. The van der Waals surface area contributed by atoms with Gasteiger partial charge in [-0.15, -0.1) is 22.7 Å². The molecule has 6 rings (SSSR count). The summed E-state index contributed by atoms with van der Waals surface area (Å²) in [4.78, 5) is 38.2. The van der Waals surface area contributed by atoms with E-state index in [2.05, 4.69) is 157 Å². The van der Waals surface area contributed by atoms with Gasteiger partial charge in [-0.1, -0.05) is 175 Å². The van der Waals surface area contributed by atoms with Gasteiger partial charge in [0, 0.05) is 19.7 Å². The van der Waals surface area contributed by atoms with Crippen molar-refractivity contribution in [1.82, 2.24) is 0 Å². The summed E-state index contributed by atoms with van der Waals surface area (Å²) in [6, 6.07) is 41.2. The fourth-order valence-electron chi connectivity index (χ4n) is 7.89. The molecule has 4 aromatic carbocycles. The summed E-state index contributed by atoms with van der Waals surface area (Å²) < 4.78 is 24.9. The van der Waals surface area contributed by atoms with Crippen molar-refractivity contribution in [3.05, 3.63) is 152 Å². The van der Waals surface area contributed by atoms with Crippen molar-refractivity contribution >= 4 is 137 Å². The number of thiophene rings is 2. The molecular formula is C50H56Br2N2O7S3Si2. The minimum atomic E-state index is -2.89. The van der Waals surface area contributed by atoms with Crippen LogP contribution in [0.15, 0.2) is 141 Å². The number of carbonyl (C=O) groups is 3. The molecule has 0 spiro atoms. The van der Waals surface area contributed by atoms with Crippen LogP contribution in [-0.4, -0.2) is 65.9 Å². The Hall–Kier alpha value is -4.11. The van der Waals surface area contributed by atoms with Gasteiger partial charge in [0.05, 0.1) is 20.3 Å². The van der Waals surface area contributed by atoms with Gasteiger partial charge in [-0.2, -0.15) is 0 Å². The van der Waals surface area contributed by atoms with E-state index < -0.39 is 40.8 Å². The maximum atomic E-state index is 13.3. The molecule has 2 N–H and O–H groups in total. The van der Waals surface area contributed by atoms with E-state index in [1.807, 2.05) is 60.8 Å². The average Bonchev–Trinajstić information content (AvgIpc) is 3.86. The van der Waals surface area contributed by atoms with Gasteiger partial charge < -0.3 is 29.0 Å². The first-order chi connectivity index (χ1) is 31.2. The summed E-state index contributed by atoms with van der Waals surface area (Å²) in [5.41, 5.74) is 0.732. The van der Waals surface area contributed by atoms with Crippen molar-refractivity contribution in [2.24, 2.45) is 0 Å². The maximum absolute atomic E-state index is 13.3. The normalized spacial score (nSPS) is 12.8. The summed E-state index contributed by atoms with van der Waals surface area (Å²) in [5.74, 6) is -1.25. The van der Waals surface area contributed by atoms with Gasteiger partial charge in [0.15, 0.2) is 0 Å². The van der Waals surface area contributed by atoms with Gasteiger partial charge in [0.1, 0.15) is 32.2 Å². The molecule has 1 amide bonds. The summed E-state index contributed by atoms with van der Waals surface area (Å²) in [5, 5.41) is 14.9. The molecule has 0 fully saturated rings. The molecule has 0 saturated heterocycles. The molecule has 16 heteroatoms. The fourth-order valence-corrected chi connectivity index (χ4v) is 20.7. The van der Waals surface area contributed by atoms with Crippen LogP contribution < -0.4 is 31.4 Å². The highest BCUT2D eigenvalue weighted by atomic mass is 79.9. The van der Waals surface area contributed by atoms with E-state index in [1.165, 1.54) is 47.3 Å². The van der Waals surface area contributed by atoms with Crippen molar-refractivity contribution in [2.45, 2.75) is 77.7 Å². The highest BCUT2D eigenvalue weighted by molar-refractivity contribution is 9.11. The Morgan fingerprint density at radius 3 is 1.15 bits per heavy atom. The first-order valence-corrected chi connectivity index (χ1v) is 28.7. The van der Waals surface area contributed by atoms with Crippen LogP contribution in [0.1, 0.15) is 76.1 Å². The first kappa shape index (κ1) is 52.9. The number of amides is 1. The second-order valence-electron chi connectivity index (χ2n) is 17.4. The standard InChI is InChI=1S/C25H28BrNO4SSi.C25H28BrNO3S2Si/c1-17(22(28)27-23-21(24(29)30-5)20(26)16-32-23)31-33(25(2,3)4,18-12-8-6-9-13-18)19-14-10-7-11-15-19;1-17(22(31)27-23-21(24(28)29-5)20(26)16-32-23)30-33(25(2,3)4,18-12-8-6-9-13-18)19-14-10-7-11-15-19/h6-17H,1-5H3,(H,27,28);6-17H,1-5H3,(H,27,31)/t2*17-/m00/s1. The molecule has 2 aromatic heterocycles.